The average molecular weight is 489 g/mol. The Balaban J connectivity index is 1.72. The van der Waals surface area contributed by atoms with E-state index in [9.17, 15) is 0 Å². The van der Waals surface area contributed by atoms with Gasteiger partial charge in [0.15, 0.2) is 0 Å². The summed E-state index contributed by atoms with van der Waals surface area (Å²) >= 11 is 3.92. The van der Waals surface area contributed by atoms with Gasteiger partial charge < -0.3 is 0 Å². The van der Waals surface area contributed by atoms with Crippen molar-refractivity contribution in [3.8, 4) is 22.3 Å². The largest absolute Gasteiger partial charge is 0.0622 e. The van der Waals surface area contributed by atoms with Crippen molar-refractivity contribution in [1.29, 1.82) is 0 Å². The topological polar surface area (TPSA) is 0 Å². The van der Waals surface area contributed by atoms with E-state index in [4.69, 9.17) is 0 Å². The zero-order valence-corrected chi connectivity index (χ0v) is 20.7. The highest BCUT2D eigenvalue weighted by Crippen LogP contribution is 2.45. The van der Waals surface area contributed by atoms with Gasteiger partial charge in [-0.3, -0.25) is 0 Å². The van der Waals surface area contributed by atoms with Crippen molar-refractivity contribution in [2.24, 2.45) is 0 Å². The zero-order valence-electron chi connectivity index (χ0n) is 19.1. The summed E-state index contributed by atoms with van der Waals surface area (Å²) in [6.07, 6.45) is 0. The molecule has 0 aromatic heterocycles. The number of hydrogen-bond acceptors (Lipinski definition) is 0. The molecule has 0 saturated carbocycles. The van der Waals surface area contributed by atoms with Crippen LogP contribution in [-0.4, -0.2) is 0 Å². The highest BCUT2D eigenvalue weighted by molar-refractivity contribution is 9.10. The van der Waals surface area contributed by atoms with Crippen LogP contribution in [0.2, 0.25) is 0 Å². The first-order valence-corrected chi connectivity index (χ1v) is 12.3. The predicted molar refractivity (Wildman–Crippen MR) is 147 cm³/mol. The van der Waals surface area contributed by atoms with Crippen molar-refractivity contribution in [2.75, 3.05) is 0 Å². The zero-order chi connectivity index (χ0) is 22.7. The maximum atomic E-state index is 3.92. The molecular formula is C32H25Br. The summed E-state index contributed by atoms with van der Waals surface area (Å²) in [6.45, 7) is 6.86. The van der Waals surface area contributed by atoms with Crippen LogP contribution >= 0.6 is 15.9 Å². The van der Waals surface area contributed by atoms with Crippen molar-refractivity contribution in [2.45, 2.75) is 26.2 Å². The third kappa shape index (κ3) is 3.26. The molecule has 0 aliphatic heterocycles. The van der Waals surface area contributed by atoms with Crippen LogP contribution in [0.5, 0.6) is 0 Å². The summed E-state index contributed by atoms with van der Waals surface area (Å²) in [5.74, 6) is 0. The van der Waals surface area contributed by atoms with Gasteiger partial charge in [-0.1, -0.05) is 128 Å². The molecule has 0 spiro atoms. The van der Waals surface area contributed by atoms with Gasteiger partial charge >= 0.3 is 0 Å². The first-order valence-electron chi connectivity index (χ1n) is 11.5. The SMILES string of the molecule is CC(C)(C)c1cc2ccc3c(Br)cc(-c4ccccc4-c4ccccc4)c4ccc(c1)c2c34. The highest BCUT2D eigenvalue weighted by atomic mass is 79.9. The van der Waals surface area contributed by atoms with Crippen LogP contribution < -0.4 is 0 Å². The second kappa shape index (κ2) is 7.43. The quantitative estimate of drug-likeness (QED) is 0.212. The minimum atomic E-state index is 0.116. The van der Waals surface area contributed by atoms with E-state index >= 15 is 0 Å². The predicted octanol–water partition coefficient (Wildman–Crippen LogP) is 9.98. The van der Waals surface area contributed by atoms with Crippen LogP contribution in [0.4, 0.5) is 0 Å². The fraction of sp³-hybridized carbons (Fsp3) is 0.125. The molecule has 0 fully saturated rings. The second-order valence-corrected chi connectivity index (χ2v) is 10.8. The molecule has 0 aliphatic rings. The standard InChI is InChI=1S/C32H25Br/c1-32(2,3)23-17-21-13-15-26-28(19-29(33)27-16-14-22(18-23)30(21)31(26)27)25-12-8-7-11-24(25)20-9-5-4-6-10-20/h4-19H,1-3H3. The maximum Gasteiger partial charge on any atom is 0.0260 e. The molecule has 0 nitrogen and oxygen atoms in total. The molecule has 1 heteroatoms. The summed E-state index contributed by atoms with van der Waals surface area (Å²) in [5, 5.41) is 7.91. The van der Waals surface area contributed by atoms with Crippen LogP contribution in [-0.2, 0) is 5.41 Å². The Hall–Kier alpha value is -3.16. The summed E-state index contributed by atoms with van der Waals surface area (Å²) in [7, 11) is 0. The lowest BCUT2D eigenvalue weighted by Crippen LogP contribution is -2.10. The summed E-state index contributed by atoms with van der Waals surface area (Å²) < 4.78 is 1.14. The molecule has 33 heavy (non-hydrogen) atoms. The minimum absolute atomic E-state index is 0.116. The van der Waals surface area contributed by atoms with Crippen LogP contribution in [0.1, 0.15) is 26.3 Å². The molecule has 6 rings (SSSR count). The fourth-order valence-electron chi connectivity index (χ4n) is 5.12. The molecule has 0 N–H and O–H groups in total. The molecule has 0 atom stereocenters. The van der Waals surface area contributed by atoms with Gasteiger partial charge in [-0.25, -0.2) is 0 Å². The Bertz CT molecular complexity index is 1620. The third-order valence-electron chi connectivity index (χ3n) is 6.83. The van der Waals surface area contributed by atoms with E-state index in [0.717, 1.165) is 4.47 Å². The first-order chi connectivity index (χ1) is 15.9. The molecule has 0 unspecified atom stereocenters. The lowest BCUT2D eigenvalue weighted by Gasteiger charge is -2.22. The Morgan fingerprint density at radius 2 is 1.15 bits per heavy atom. The van der Waals surface area contributed by atoms with Crippen molar-refractivity contribution in [3.63, 3.8) is 0 Å². The molecule has 160 valence electrons. The van der Waals surface area contributed by atoms with Crippen LogP contribution in [0.25, 0.3) is 54.6 Å². The van der Waals surface area contributed by atoms with E-state index in [0.29, 0.717) is 0 Å². The highest BCUT2D eigenvalue weighted by Gasteiger charge is 2.20. The number of hydrogen-bond donors (Lipinski definition) is 0. The second-order valence-electron chi connectivity index (χ2n) is 9.97. The van der Waals surface area contributed by atoms with Crippen LogP contribution in [0.3, 0.4) is 0 Å². The number of halogens is 1. The van der Waals surface area contributed by atoms with E-state index in [1.807, 2.05) is 0 Å². The molecule has 0 amide bonds. The molecule has 6 aromatic carbocycles. The van der Waals surface area contributed by atoms with Crippen molar-refractivity contribution in [1.82, 2.24) is 0 Å². The Labute approximate surface area is 203 Å². The molecule has 0 bridgehead atoms. The van der Waals surface area contributed by atoms with Crippen molar-refractivity contribution in [3.05, 3.63) is 107 Å². The molecule has 0 heterocycles. The smallest absolute Gasteiger partial charge is 0.0260 e. The van der Waals surface area contributed by atoms with Gasteiger partial charge in [-0.15, -0.1) is 0 Å². The van der Waals surface area contributed by atoms with E-state index in [2.05, 4.69) is 134 Å². The van der Waals surface area contributed by atoms with Crippen LogP contribution in [0, 0.1) is 0 Å². The van der Waals surface area contributed by atoms with E-state index < -0.39 is 0 Å². The lowest BCUT2D eigenvalue weighted by atomic mass is 9.82. The normalized spacial score (nSPS) is 12.2. The molecule has 0 aliphatic carbocycles. The van der Waals surface area contributed by atoms with Gasteiger partial charge in [0.25, 0.3) is 0 Å². The average Bonchev–Trinajstić information content (AvgIpc) is 2.83. The fourth-order valence-corrected chi connectivity index (χ4v) is 5.67. The van der Waals surface area contributed by atoms with Gasteiger partial charge in [0.05, 0.1) is 0 Å². The summed E-state index contributed by atoms with van der Waals surface area (Å²) in [4.78, 5) is 0. The third-order valence-corrected chi connectivity index (χ3v) is 7.49. The summed E-state index contributed by atoms with van der Waals surface area (Å²) in [5.41, 5.74) is 6.52. The molecular weight excluding hydrogens is 464 g/mol. The van der Waals surface area contributed by atoms with Gasteiger partial charge in [0.2, 0.25) is 0 Å². The van der Waals surface area contributed by atoms with Crippen molar-refractivity contribution >= 4 is 48.2 Å². The minimum Gasteiger partial charge on any atom is -0.0622 e. The Morgan fingerprint density at radius 3 is 1.82 bits per heavy atom. The monoisotopic (exact) mass is 488 g/mol. The molecule has 6 aromatic rings. The Kier molecular flexibility index (Phi) is 4.61. The molecule has 0 saturated heterocycles. The number of rotatable bonds is 2. The van der Waals surface area contributed by atoms with Crippen molar-refractivity contribution < 1.29 is 0 Å². The first kappa shape index (κ1) is 20.4. The van der Waals surface area contributed by atoms with E-state index in [1.54, 1.807) is 0 Å². The Morgan fingerprint density at radius 1 is 0.545 bits per heavy atom. The molecule has 0 radical (unpaired) electrons. The maximum absolute atomic E-state index is 3.92. The van der Waals surface area contributed by atoms with Gasteiger partial charge in [0, 0.05) is 4.47 Å². The van der Waals surface area contributed by atoms with E-state index in [1.165, 1.54) is 60.1 Å². The van der Waals surface area contributed by atoms with Gasteiger partial charge in [0.1, 0.15) is 0 Å². The summed E-state index contributed by atoms with van der Waals surface area (Å²) in [6, 6.07) is 35.7. The number of benzene rings is 6. The lowest BCUT2D eigenvalue weighted by molar-refractivity contribution is 0.591. The van der Waals surface area contributed by atoms with Gasteiger partial charge in [-0.05, 0) is 71.6 Å². The van der Waals surface area contributed by atoms with Crippen LogP contribution in [0.15, 0.2) is 102 Å². The van der Waals surface area contributed by atoms with E-state index in [-0.39, 0.29) is 5.41 Å². The van der Waals surface area contributed by atoms with Gasteiger partial charge in [-0.2, -0.15) is 0 Å².